The van der Waals surface area contributed by atoms with Crippen molar-refractivity contribution in [3.05, 3.63) is 0 Å². The van der Waals surface area contributed by atoms with Gasteiger partial charge in [-0.1, -0.05) is 0 Å². The van der Waals surface area contributed by atoms with Gasteiger partial charge in [0.15, 0.2) is 0 Å². The number of hydrogen-bond acceptors (Lipinski definition) is 2. The molecule has 1 aliphatic heterocycles. The van der Waals surface area contributed by atoms with Gasteiger partial charge >= 0.3 is 5.97 Å². The number of aliphatic carboxylic acids is 1. The van der Waals surface area contributed by atoms with Crippen LogP contribution in [0.25, 0.3) is 0 Å². The van der Waals surface area contributed by atoms with Crippen LogP contribution in [-0.2, 0) is 4.79 Å². The normalized spacial score (nSPS) is 22.5. The van der Waals surface area contributed by atoms with Gasteiger partial charge in [0.25, 0.3) is 5.92 Å². The highest BCUT2D eigenvalue weighted by molar-refractivity contribution is 8.00. The zero-order chi connectivity index (χ0) is 8.70. The Morgan fingerprint density at radius 3 is 2.09 bits per heavy atom. The molecule has 1 rings (SSSR count). The molecule has 0 bridgehead atoms. The summed E-state index contributed by atoms with van der Waals surface area (Å²) in [5, 5.41) is 8.53. The quantitative estimate of drug-likeness (QED) is 0.702. The molecule has 0 aromatic carbocycles. The Kier molecular flexibility index (Phi) is 1.86. The van der Waals surface area contributed by atoms with E-state index in [1.807, 2.05) is 0 Å². The first-order valence-electron chi connectivity index (χ1n) is 3.09. The zero-order valence-electron chi connectivity index (χ0n) is 5.93. The summed E-state index contributed by atoms with van der Waals surface area (Å²) in [4.78, 5) is 10.5. The number of carboxylic acid groups (broad SMARTS) is 1. The van der Waals surface area contributed by atoms with Crippen molar-refractivity contribution in [3.8, 4) is 0 Å². The molecule has 0 spiro atoms. The van der Waals surface area contributed by atoms with Crippen molar-refractivity contribution in [3.63, 3.8) is 0 Å². The first kappa shape index (κ1) is 8.77. The standard InChI is InChI=1S/C6H8F2O2S/c1-5(7,8)6(4(9)10)2-11-3-6/h2-3H2,1H3,(H,9,10). The van der Waals surface area contributed by atoms with Crippen LogP contribution in [0, 0.1) is 5.41 Å². The van der Waals surface area contributed by atoms with Gasteiger partial charge in [0.05, 0.1) is 0 Å². The first-order valence-corrected chi connectivity index (χ1v) is 4.24. The fourth-order valence-electron chi connectivity index (χ4n) is 0.871. The van der Waals surface area contributed by atoms with Gasteiger partial charge in [0, 0.05) is 18.4 Å². The van der Waals surface area contributed by atoms with E-state index in [1.165, 1.54) is 11.8 Å². The second-order valence-corrected chi connectivity index (χ2v) is 3.75. The van der Waals surface area contributed by atoms with Crippen LogP contribution in [0.4, 0.5) is 8.78 Å². The number of alkyl halides is 2. The monoisotopic (exact) mass is 182 g/mol. The van der Waals surface area contributed by atoms with Gasteiger partial charge in [0.2, 0.25) is 0 Å². The molecule has 1 aliphatic rings. The van der Waals surface area contributed by atoms with Crippen molar-refractivity contribution in [1.29, 1.82) is 0 Å². The van der Waals surface area contributed by atoms with E-state index in [9.17, 15) is 13.6 Å². The lowest BCUT2D eigenvalue weighted by atomic mass is 9.85. The number of thioether (sulfide) groups is 1. The molecule has 0 aromatic rings. The topological polar surface area (TPSA) is 37.3 Å². The number of halogens is 2. The van der Waals surface area contributed by atoms with E-state index in [0.717, 1.165) is 0 Å². The lowest BCUT2D eigenvalue weighted by Gasteiger charge is -2.41. The smallest absolute Gasteiger partial charge is 0.317 e. The number of carboxylic acids is 1. The van der Waals surface area contributed by atoms with Crippen molar-refractivity contribution in [2.45, 2.75) is 12.8 Å². The molecule has 2 nitrogen and oxygen atoms in total. The van der Waals surface area contributed by atoms with Gasteiger partial charge in [-0.25, -0.2) is 8.78 Å². The summed E-state index contributed by atoms with van der Waals surface area (Å²) in [6.07, 6.45) is 0. The van der Waals surface area contributed by atoms with E-state index in [4.69, 9.17) is 5.11 Å². The van der Waals surface area contributed by atoms with Gasteiger partial charge < -0.3 is 5.11 Å². The summed E-state index contributed by atoms with van der Waals surface area (Å²) in [6, 6.07) is 0. The predicted octanol–water partition coefficient (Wildman–Crippen LogP) is 1.46. The van der Waals surface area contributed by atoms with Crippen molar-refractivity contribution < 1.29 is 18.7 Å². The Hall–Kier alpha value is -0.320. The van der Waals surface area contributed by atoms with E-state index in [-0.39, 0.29) is 11.5 Å². The van der Waals surface area contributed by atoms with Gasteiger partial charge in [-0.05, 0) is 0 Å². The van der Waals surface area contributed by atoms with Crippen LogP contribution < -0.4 is 0 Å². The molecule has 1 fully saturated rings. The van der Waals surface area contributed by atoms with Gasteiger partial charge in [-0.3, -0.25) is 4.79 Å². The molecule has 0 aliphatic carbocycles. The molecule has 1 saturated heterocycles. The van der Waals surface area contributed by atoms with Crippen LogP contribution in [0.2, 0.25) is 0 Å². The average molecular weight is 182 g/mol. The second kappa shape index (κ2) is 2.33. The molecule has 1 N–H and O–H groups in total. The number of carbonyl (C=O) groups is 1. The molecule has 0 aromatic heterocycles. The maximum absolute atomic E-state index is 12.7. The summed E-state index contributed by atoms with van der Waals surface area (Å²) in [5.74, 6) is -4.45. The Balaban J connectivity index is 2.85. The summed E-state index contributed by atoms with van der Waals surface area (Å²) >= 11 is 1.24. The Morgan fingerprint density at radius 2 is 2.09 bits per heavy atom. The van der Waals surface area contributed by atoms with E-state index < -0.39 is 17.3 Å². The van der Waals surface area contributed by atoms with E-state index in [2.05, 4.69) is 0 Å². The minimum atomic E-state index is -3.11. The molecule has 0 saturated carbocycles. The Labute approximate surface area is 67.0 Å². The maximum atomic E-state index is 12.7. The largest absolute Gasteiger partial charge is 0.481 e. The molecule has 0 radical (unpaired) electrons. The average Bonchev–Trinajstić information content (AvgIpc) is 1.52. The zero-order valence-corrected chi connectivity index (χ0v) is 6.75. The molecule has 0 atom stereocenters. The van der Waals surface area contributed by atoms with E-state index in [1.54, 1.807) is 0 Å². The van der Waals surface area contributed by atoms with Gasteiger partial charge in [0.1, 0.15) is 5.41 Å². The lowest BCUT2D eigenvalue weighted by Crippen LogP contribution is -2.55. The molecule has 0 unspecified atom stereocenters. The predicted molar refractivity (Wildman–Crippen MR) is 38.0 cm³/mol. The first-order chi connectivity index (χ1) is 4.90. The number of hydrogen-bond donors (Lipinski definition) is 1. The summed E-state index contributed by atoms with van der Waals surface area (Å²) < 4.78 is 25.4. The van der Waals surface area contributed by atoms with Gasteiger partial charge in [-0.2, -0.15) is 11.8 Å². The third-order valence-electron chi connectivity index (χ3n) is 1.95. The molecule has 11 heavy (non-hydrogen) atoms. The Bertz CT molecular complexity index is 184. The number of rotatable bonds is 2. The molecule has 5 heteroatoms. The minimum absolute atomic E-state index is 0.0197. The SMILES string of the molecule is CC(F)(F)C1(C(=O)O)CSC1. The Morgan fingerprint density at radius 1 is 1.64 bits per heavy atom. The summed E-state index contributed by atoms with van der Waals surface area (Å²) in [7, 11) is 0. The fourth-order valence-corrected chi connectivity index (χ4v) is 2.24. The highest BCUT2D eigenvalue weighted by atomic mass is 32.2. The van der Waals surface area contributed by atoms with E-state index >= 15 is 0 Å². The second-order valence-electron chi connectivity index (χ2n) is 2.77. The molecule has 1 heterocycles. The van der Waals surface area contributed by atoms with Crippen molar-refractivity contribution in [1.82, 2.24) is 0 Å². The van der Waals surface area contributed by atoms with Crippen LogP contribution in [-0.4, -0.2) is 28.5 Å². The fraction of sp³-hybridized carbons (Fsp3) is 0.833. The van der Waals surface area contributed by atoms with Crippen molar-refractivity contribution in [2.75, 3.05) is 11.5 Å². The van der Waals surface area contributed by atoms with Crippen LogP contribution in [0.1, 0.15) is 6.92 Å². The van der Waals surface area contributed by atoms with Crippen molar-refractivity contribution >= 4 is 17.7 Å². The summed E-state index contributed by atoms with van der Waals surface area (Å²) in [6.45, 7) is 0.668. The lowest BCUT2D eigenvalue weighted by molar-refractivity contribution is -0.169. The maximum Gasteiger partial charge on any atom is 0.317 e. The third kappa shape index (κ3) is 1.11. The molecular formula is C6H8F2O2S. The third-order valence-corrected chi connectivity index (χ3v) is 3.34. The summed E-state index contributed by atoms with van der Waals surface area (Å²) in [5.41, 5.74) is -1.79. The minimum Gasteiger partial charge on any atom is -0.481 e. The van der Waals surface area contributed by atoms with Crippen molar-refractivity contribution in [2.24, 2.45) is 5.41 Å². The molecular weight excluding hydrogens is 174 g/mol. The van der Waals surface area contributed by atoms with Crippen LogP contribution >= 0.6 is 11.8 Å². The van der Waals surface area contributed by atoms with Crippen LogP contribution in [0.5, 0.6) is 0 Å². The highest BCUT2D eigenvalue weighted by Crippen LogP contribution is 2.49. The van der Waals surface area contributed by atoms with E-state index in [0.29, 0.717) is 6.92 Å². The van der Waals surface area contributed by atoms with Gasteiger partial charge in [-0.15, -0.1) is 0 Å². The molecule has 0 amide bonds. The highest BCUT2D eigenvalue weighted by Gasteiger charge is 2.60. The molecule has 64 valence electrons. The van der Waals surface area contributed by atoms with Crippen LogP contribution in [0.3, 0.4) is 0 Å². The van der Waals surface area contributed by atoms with Crippen LogP contribution in [0.15, 0.2) is 0 Å².